The molecule has 4 heteroatoms. The quantitative estimate of drug-likeness (QED) is 0.802. The molecular weight excluding hydrogens is 300 g/mol. The first kappa shape index (κ1) is 17.5. The average Bonchev–Trinajstić information content (AvgIpc) is 3.16. The van der Waals surface area contributed by atoms with Crippen molar-refractivity contribution in [3.63, 3.8) is 0 Å². The summed E-state index contributed by atoms with van der Waals surface area (Å²) in [7, 11) is 0. The van der Waals surface area contributed by atoms with Gasteiger partial charge in [-0.25, -0.2) is 0 Å². The highest BCUT2D eigenvalue weighted by molar-refractivity contribution is 5.81. The fourth-order valence-electron chi connectivity index (χ4n) is 4.47. The van der Waals surface area contributed by atoms with Crippen molar-refractivity contribution in [1.82, 2.24) is 10.2 Å². The van der Waals surface area contributed by atoms with E-state index < -0.39 is 0 Å². The topological polar surface area (TPSA) is 49.4 Å². The van der Waals surface area contributed by atoms with Gasteiger partial charge < -0.3 is 10.2 Å². The van der Waals surface area contributed by atoms with Crippen molar-refractivity contribution in [1.29, 1.82) is 0 Å². The smallest absolute Gasteiger partial charge is 0.225 e. The van der Waals surface area contributed by atoms with Gasteiger partial charge in [0.1, 0.15) is 0 Å². The van der Waals surface area contributed by atoms with Gasteiger partial charge in [0, 0.05) is 31.0 Å². The second-order valence-electron chi connectivity index (χ2n) is 7.84. The number of nitrogens with one attached hydrogen (secondary N) is 1. The second kappa shape index (κ2) is 8.17. The van der Waals surface area contributed by atoms with E-state index in [-0.39, 0.29) is 23.8 Å². The van der Waals surface area contributed by atoms with Crippen LogP contribution < -0.4 is 5.32 Å². The van der Waals surface area contributed by atoms with E-state index in [1.165, 1.54) is 31.3 Å². The summed E-state index contributed by atoms with van der Waals surface area (Å²) >= 11 is 0. The molecular formula is C20H32N2O2. The largest absolute Gasteiger partial charge is 0.350 e. The molecule has 0 aromatic rings. The Labute approximate surface area is 146 Å². The standard InChI is InChI=1S/C20H32N2O2/c1-15(16-7-3-2-4-8-16)21-19(23)17-11-13-22(14-12-17)20(24)18-9-5-6-10-18/h7,15,17-18H,2-6,8-14H2,1H3,(H,21,23). The van der Waals surface area contributed by atoms with Crippen molar-refractivity contribution in [2.75, 3.05) is 13.1 Å². The summed E-state index contributed by atoms with van der Waals surface area (Å²) in [6.45, 7) is 3.61. The van der Waals surface area contributed by atoms with Crippen molar-refractivity contribution in [3.05, 3.63) is 11.6 Å². The molecule has 1 atom stereocenters. The van der Waals surface area contributed by atoms with Gasteiger partial charge in [-0.05, 0) is 58.3 Å². The molecule has 3 rings (SSSR count). The van der Waals surface area contributed by atoms with Gasteiger partial charge in [0.15, 0.2) is 0 Å². The minimum absolute atomic E-state index is 0.0734. The Morgan fingerprint density at radius 2 is 1.75 bits per heavy atom. The predicted octanol–water partition coefficient (Wildman–Crippen LogP) is 3.42. The number of rotatable bonds is 4. The summed E-state index contributed by atoms with van der Waals surface area (Å²) in [4.78, 5) is 27.0. The third-order valence-corrected chi connectivity index (χ3v) is 6.12. The Bertz CT molecular complexity index is 486. The molecule has 0 bridgehead atoms. The van der Waals surface area contributed by atoms with Gasteiger partial charge in [0.05, 0.1) is 0 Å². The van der Waals surface area contributed by atoms with E-state index in [4.69, 9.17) is 0 Å². The molecule has 134 valence electrons. The number of carbonyl (C=O) groups is 2. The fraction of sp³-hybridized carbons (Fsp3) is 0.800. The van der Waals surface area contributed by atoms with Crippen LogP contribution in [0.1, 0.15) is 71.1 Å². The van der Waals surface area contributed by atoms with Gasteiger partial charge in [-0.3, -0.25) is 9.59 Å². The summed E-state index contributed by atoms with van der Waals surface area (Å²) in [5.74, 6) is 0.854. The van der Waals surface area contributed by atoms with E-state index in [1.807, 2.05) is 4.90 Å². The summed E-state index contributed by atoms with van der Waals surface area (Å²) in [6.07, 6.45) is 13.2. The first-order valence-corrected chi connectivity index (χ1v) is 9.93. The highest BCUT2D eigenvalue weighted by Crippen LogP contribution is 2.28. The SMILES string of the molecule is CC(NC(=O)C1CCN(C(=O)C2CCCC2)CC1)C1=CCCCC1. The van der Waals surface area contributed by atoms with Crippen molar-refractivity contribution in [2.45, 2.75) is 77.2 Å². The predicted molar refractivity (Wildman–Crippen MR) is 95.4 cm³/mol. The van der Waals surface area contributed by atoms with Crippen LogP contribution in [0.2, 0.25) is 0 Å². The first-order valence-electron chi connectivity index (χ1n) is 9.93. The Morgan fingerprint density at radius 1 is 1.04 bits per heavy atom. The highest BCUT2D eigenvalue weighted by atomic mass is 16.2. The van der Waals surface area contributed by atoms with Crippen molar-refractivity contribution in [3.8, 4) is 0 Å². The summed E-state index contributed by atoms with van der Waals surface area (Å²) in [6, 6.07) is 0.163. The fourth-order valence-corrected chi connectivity index (χ4v) is 4.47. The number of amides is 2. The number of carbonyl (C=O) groups excluding carboxylic acids is 2. The number of hydrogen-bond donors (Lipinski definition) is 1. The summed E-state index contributed by atoms with van der Waals surface area (Å²) < 4.78 is 0. The van der Waals surface area contributed by atoms with Crippen LogP contribution in [-0.2, 0) is 9.59 Å². The number of nitrogens with zero attached hydrogens (tertiary/aromatic N) is 1. The Hall–Kier alpha value is -1.32. The van der Waals surface area contributed by atoms with Crippen LogP contribution in [0.15, 0.2) is 11.6 Å². The molecule has 24 heavy (non-hydrogen) atoms. The average molecular weight is 332 g/mol. The zero-order valence-electron chi connectivity index (χ0n) is 15.1. The van der Waals surface area contributed by atoms with E-state index in [0.29, 0.717) is 5.91 Å². The normalized spacial score (nSPS) is 24.5. The third-order valence-electron chi connectivity index (χ3n) is 6.12. The maximum absolute atomic E-state index is 12.5. The Kier molecular flexibility index (Phi) is 5.96. The first-order chi connectivity index (χ1) is 11.6. The molecule has 2 aliphatic carbocycles. The van der Waals surface area contributed by atoms with Crippen LogP contribution in [0.5, 0.6) is 0 Å². The molecule has 3 aliphatic rings. The van der Waals surface area contributed by atoms with E-state index in [9.17, 15) is 9.59 Å². The zero-order chi connectivity index (χ0) is 16.9. The molecule has 2 amide bonds. The van der Waals surface area contributed by atoms with Crippen LogP contribution in [0.25, 0.3) is 0 Å². The van der Waals surface area contributed by atoms with Gasteiger partial charge in [0.2, 0.25) is 11.8 Å². The van der Waals surface area contributed by atoms with Crippen molar-refractivity contribution < 1.29 is 9.59 Å². The lowest BCUT2D eigenvalue weighted by Crippen LogP contribution is -2.46. The summed E-state index contributed by atoms with van der Waals surface area (Å²) in [5.41, 5.74) is 1.39. The molecule has 0 aromatic carbocycles. The van der Waals surface area contributed by atoms with E-state index in [0.717, 1.165) is 51.6 Å². The monoisotopic (exact) mass is 332 g/mol. The Balaban J connectivity index is 1.44. The molecule has 1 aliphatic heterocycles. The van der Waals surface area contributed by atoms with Crippen molar-refractivity contribution in [2.24, 2.45) is 11.8 Å². The maximum atomic E-state index is 12.5. The second-order valence-corrected chi connectivity index (χ2v) is 7.84. The van der Waals surface area contributed by atoms with Crippen LogP contribution in [0, 0.1) is 11.8 Å². The molecule has 0 radical (unpaired) electrons. The molecule has 1 saturated carbocycles. The molecule has 2 fully saturated rings. The number of piperidine rings is 1. The third kappa shape index (κ3) is 4.20. The molecule has 1 N–H and O–H groups in total. The highest BCUT2D eigenvalue weighted by Gasteiger charge is 2.32. The molecule has 1 unspecified atom stereocenters. The van der Waals surface area contributed by atoms with E-state index in [2.05, 4.69) is 18.3 Å². The van der Waals surface area contributed by atoms with E-state index in [1.54, 1.807) is 0 Å². The van der Waals surface area contributed by atoms with Crippen LogP contribution in [-0.4, -0.2) is 35.8 Å². The van der Waals surface area contributed by atoms with E-state index >= 15 is 0 Å². The minimum atomic E-state index is 0.0734. The number of allylic oxidation sites excluding steroid dienone is 1. The number of hydrogen-bond acceptors (Lipinski definition) is 2. The van der Waals surface area contributed by atoms with Crippen LogP contribution in [0.4, 0.5) is 0 Å². The number of likely N-dealkylation sites (tertiary alicyclic amines) is 1. The minimum Gasteiger partial charge on any atom is -0.350 e. The van der Waals surface area contributed by atoms with Gasteiger partial charge >= 0.3 is 0 Å². The van der Waals surface area contributed by atoms with Crippen LogP contribution in [0.3, 0.4) is 0 Å². The molecule has 1 heterocycles. The van der Waals surface area contributed by atoms with Gasteiger partial charge in [-0.1, -0.05) is 24.5 Å². The molecule has 0 aromatic heterocycles. The van der Waals surface area contributed by atoms with Crippen LogP contribution >= 0.6 is 0 Å². The molecule has 1 saturated heterocycles. The maximum Gasteiger partial charge on any atom is 0.225 e. The van der Waals surface area contributed by atoms with Crippen molar-refractivity contribution >= 4 is 11.8 Å². The lowest BCUT2D eigenvalue weighted by molar-refractivity contribution is -0.139. The molecule has 4 nitrogen and oxygen atoms in total. The Morgan fingerprint density at radius 3 is 2.38 bits per heavy atom. The molecule has 0 spiro atoms. The lowest BCUT2D eigenvalue weighted by Gasteiger charge is -2.33. The van der Waals surface area contributed by atoms with Gasteiger partial charge in [0.25, 0.3) is 0 Å². The van der Waals surface area contributed by atoms with Gasteiger partial charge in [-0.15, -0.1) is 0 Å². The van der Waals surface area contributed by atoms with Gasteiger partial charge in [-0.2, -0.15) is 0 Å². The lowest BCUT2D eigenvalue weighted by atomic mass is 9.92. The zero-order valence-corrected chi connectivity index (χ0v) is 15.1. The summed E-state index contributed by atoms with van der Waals surface area (Å²) in [5, 5.41) is 3.21.